The Bertz CT molecular complexity index is 787. The molecule has 1 saturated heterocycles. The molecule has 4 heterocycles. The first-order valence-electron chi connectivity index (χ1n) is 6.81. The molecule has 21 heavy (non-hydrogen) atoms. The fourth-order valence-corrected chi connectivity index (χ4v) is 2.79. The molecule has 0 saturated carbocycles. The molecule has 0 bridgehead atoms. The Morgan fingerprint density at radius 1 is 1.29 bits per heavy atom. The molecule has 0 atom stereocenters. The Kier molecular flexibility index (Phi) is 2.81. The Balaban J connectivity index is 1.45. The van der Waals surface area contributed by atoms with Gasteiger partial charge in [0, 0.05) is 31.7 Å². The van der Waals surface area contributed by atoms with Gasteiger partial charge in [-0.3, -0.25) is 4.68 Å². The van der Waals surface area contributed by atoms with E-state index in [1.807, 2.05) is 29.9 Å². The quantitative estimate of drug-likeness (QED) is 0.732. The van der Waals surface area contributed by atoms with Gasteiger partial charge in [0.25, 0.3) is 0 Å². The Morgan fingerprint density at radius 3 is 2.90 bits per heavy atom. The van der Waals surface area contributed by atoms with Gasteiger partial charge in [0.1, 0.15) is 5.82 Å². The summed E-state index contributed by atoms with van der Waals surface area (Å²) in [6, 6.07) is 3.94. The number of rotatable bonds is 3. The van der Waals surface area contributed by atoms with Crippen LogP contribution < -0.4 is 4.90 Å². The molecule has 0 aliphatic carbocycles. The molecule has 0 N–H and O–H groups in total. The van der Waals surface area contributed by atoms with Crippen LogP contribution in [0.2, 0.25) is 5.02 Å². The van der Waals surface area contributed by atoms with E-state index in [1.165, 1.54) is 0 Å². The van der Waals surface area contributed by atoms with Crippen molar-refractivity contribution in [3.05, 3.63) is 35.4 Å². The topological polar surface area (TPSA) is 64.1 Å². The van der Waals surface area contributed by atoms with E-state index in [-0.39, 0.29) is 0 Å². The first-order valence-corrected chi connectivity index (χ1v) is 7.19. The summed E-state index contributed by atoms with van der Waals surface area (Å²) in [5.74, 6) is 2.33. The standard InChI is InChI=1S/C13H14ClN7/c1-9-16-17-12-2-3-13(18-21(9)12)19-5-10(6-19)7-20-8-11(14)4-15-20/h2-4,8,10H,5-7H2,1H3. The highest BCUT2D eigenvalue weighted by Crippen LogP contribution is 2.24. The van der Waals surface area contributed by atoms with Crippen molar-refractivity contribution in [1.29, 1.82) is 0 Å². The van der Waals surface area contributed by atoms with Crippen LogP contribution in [0.25, 0.3) is 5.65 Å². The van der Waals surface area contributed by atoms with Gasteiger partial charge in [0.15, 0.2) is 11.5 Å². The van der Waals surface area contributed by atoms with Crippen LogP contribution in [0.5, 0.6) is 0 Å². The molecule has 108 valence electrons. The molecule has 4 rings (SSSR count). The summed E-state index contributed by atoms with van der Waals surface area (Å²) in [6.45, 7) is 4.72. The number of aryl methyl sites for hydroxylation is 1. The molecule has 0 spiro atoms. The van der Waals surface area contributed by atoms with E-state index in [0.29, 0.717) is 10.9 Å². The lowest BCUT2D eigenvalue weighted by Crippen LogP contribution is -2.49. The average Bonchev–Trinajstić information content (AvgIpc) is 3.00. The van der Waals surface area contributed by atoms with Crippen molar-refractivity contribution in [3.63, 3.8) is 0 Å². The molecular weight excluding hydrogens is 290 g/mol. The summed E-state index contributed by atoms with van der Waals surface area (Å²) in [5.41, 5.74) is 0.777. The molecule has 1 aliphatic rings. The van der Waals surface area contributed by atoms with Crippen LogP contribution in [0.15, 0.2) is 24.5 Å². The monoisotopic (exact) mass is 303 g/mol. The van der Waals surface area contributed by atoms with Crippen molar-refractivity contribution in [2.24, 2.45) is 5.92 Å². The van der Waals surface area contributed by atoms with Gasteiger partial charge in [-0.25, -0.2) is 0 Å². The van der Waals surface area contributed by atoms with Gasteiger partial charge in [0.2, 0.25) is 0 Å². The lowest BCUT2D eigenvalue weighted by molar-refractivity contribution is 0.339. The van der Waals surface area contributed by atoms with Crippen LogP contribution in [-0.2, 0) is 6.54 Å². The average molecular weight is 304 g/mol. The summed E-state index contributed by atoms with van der Waals surface area (Å²) in [7, 11) is 0. The van der Waals surface area contributed by atoms with E-state index in [0.717, 1.165) is 36.9 Å². The highest BCUT2D eigenvalue weighted by molar-refractivity contribution is 6.30. The van der Waals surface area contributed by atoms with Gasteiger partial charge >= 0.3 is 0 Å². The van der Waals surface area contributed by atoms with E-state index < -0.39 is 0 Å². The summed E-state index contributed by atoms with van der Waals surface area (Å²) in [6.07, 6.45) is 3.53. The third-order valence-electron chi connectivity index (χ3n) is 3.73. The van der Waals surface area contributed by atoms with Crippen LogP contribution >= 0.6 is 11.6 Å². The van der Waals surface area contributed by atoms with Crippen LogP contribution in [0.3, 0.4) is 0 Å². The zero-order valence-corrected chi connectivity index (χ0v) is 12.3. The minimum atomic E-state index is 0.570. The molecule has 7 nitrogen and oxygen atoms in total. The van der Waals surface area contributed by atoms with E-state index >= 15 is 0 Å². The van der Waals surface area contributed by atoms with Gasteiger partial charge in [-0.15, -0.1) is 15.3 Å². The van der Waals surface area contributed by atoms with Gasteiger partial charge < -0.3 is 4.90 Å². The lowest BCUT2D eigenvalue weighted by Gasteiger charge is -2.39. The first-order chi connectivity index (χ1) is 10.2. The molecule has 8 heteroatoms. The van der Waals surface area contributed by atoms with E-state index in [4.69, 9.17) is 11.6 Å². The van der Waals surface area contributed by atoms with Crippen molar-refractivity contribution in [2.45, 2.75) is 13.5 Å². The summed E-state index contributed by atoms with van der Waals surface area (Å²) < 4.78 is 3.67. The van der Waals surface area contributed by atoms with Gasteiger partial charge in [-0.05, 0) is 19.1 Å². The minimum absolute atomic E-state index is 0.570. The van der Waals surface area contributed by atoms with Crippen LogP contribution in [-0.4, -0.2) is 42.7 Å². The number of hydrogen-bond acceptors (Lipinski definition) is 5. The second kappa shape index (κ2) is 4.70. The highest BCUT2D eigenvalue weighted by atomic mass is 35.5. The maximum atomic E-state index is 5.87. The van der Waals surface area contributed by atoms with Crippen molar-refractivity contribution in [2.75, 3.05) is 18.0 Å². The molecule has 1 fully saturated rings. The highest BCUT2D eigenvalue weighted by Gasteiger charge is 2.28. The van der Waals surface area contributed by atoms with Gasteiger partial charge in [-0.1, -0.05) is 11.6 Å². The maximum absolute atomic E-state index is 5.87. The van der Waals surface area contributed by atoms with Crippen LogP contribution in [0.1, 0.15) is 5.82 Å². The molecule has 0 aromatic carbocycles. The van der Waals surface area contributed by atoms with Gasteiger partial charge in [0.05, 0.1) is 11.2 Å². The molecule has 0 unspecified atom stereocenters. The van der Waals surface area contributed by atoms with E-state index in [2.05, 4.69) is 25.3 Å². The number of nitrogens with zero attached hydrogens (tertiary/aromatic N) is 7. The fraction of sp³-hybridized carbons (Fsp3) is 0.385. The second-order valence-electron chi connectivity index (χ2n) is 5.36. The molecule has 0 radical (unpaired) electrons. The first kappa shape index (κ1) is 12.6. The van der Waals surface area contributed by atoms with Crippen molar-refractivity contribution < 1.29 is 0 Å². The smallest absolute Gasteiger partial charge is 0.178 e. The normalized spacial score (nSPS) is 15.6. The number of anilines is 1. The summed E-state index contributed by atoms with van der Waals surface area (Å²) >= 11 is 5.87. The molecule has 3 aromatic rings. The predicted octanol–water partition coefficient (Wildman–Crippen LogP) is 1.42. The van der Waals surface area contributed by atoms with Crippen LogP contribution in [0.4, 0.5) is 5.82 Å². The largest absolute Gasteiger partial charge is 0.354 e. The molecule has 1 aliphatic heterocycles. The Labute approximate surface area is 126 Å². The van der Waals surface area contributed by atoms with E-state index in [1.54, 1.807) is 10.7 Å². The molecular formula is C13H14ClN7. The molecule has 3 aromatic heterocycles. The Hall–Kier alpha value is -2.15. The van der Waals surface area contributed by atoms with Crippen molar-refractivity contribution in [3.8, 4) is 0 Å². The fourth-order valence-electron chi connectivity index (χ4n) is 2.63. The van der Waals surface area contributed by atoms with Crippen molar-refractivity contribution >= 4 is 23.1 Å². The lowest BCUT2D eigenvalue weighted by atomic mass is 10.0. The SMILES string of the molecule is Cc1nnc2ccc(N3CC(Cn4cc(Cl)cn4)C3)nn12. The predicted molar refractivity (Wildman–Crippen MR) is 78.5 cm³/mol. The number of fused-ring (bicyclic) bond motifs is 1. The number of hydrogen-bond donors (Lipinski definition) is 0. The summed E-state index contributed by atoms with van der Waals surface area (Å²) in [5, 5.41) is 17.5. The van der Waals surface area contributed by atoms with Crippen molar-refractivity contribution in [1.82, 2.24) is 29.6 Å². The van der Waals surface area contributed by atoms with Crippen LogP contribution in [0, 0.1) is 12.8 Å². The van der Waals surface area contributed by atoms with Gasteiger partial charge in [-0.2, -0.15) is 9.61 Å². The number of aromatic nitrogens is 6. The molecule has 0 amide bonds. The zero-order valence-electron chi connectivity index (χ0n) is 11.5. The van der Waals surface area contributed by atoms with E-state index in [9.17, 15) is 0 Å². The third-order valence-corrected chi connectivity index (χ3v) is 3.93. The zero-order chi connectivity index (χ0) is 14.4. The summed E-state index contributed by atoms with van der Waals surface area (Å²) in [4.78, 5) is 2.24. The Morgan fingerprint density at radius 2 is 2.14 bits per heavy atom. The maximum Gasteiger partial charge on any atom is 0.178 e. The second-order valence-corrected chi connectivity index (χ2v) is 5.80. The minimum Gasteiger partial charge on any atom is -0.354 e. The number of halogens is 1. The third kappa shape index (κ3) is 2.23.